The van der Waals surface area contributed by atoms with E-state index in [2.05, 4.69) is 68.7 Å². The minimum atomic E-state index is 0.268. The number of allylic oxidation sites excluding steroid dienone is 2. The van der Waals surface area contributed by atoms with Crippen molar-refractivity contribution >= 4 is 27.3 Å². The van der Waals surface area contributed by atoms with Gasteiger partial charge >= 0.3 is 0 Å². The smallest absolute Gasteiger partial charge is 0.164 e. The molecule has 3 aromatic carbocycles. The summed E-state index contributed by atoms with van der Waals surface area (Å²) in [7, 11) is 4.45. The molecular weight excluding hydrogens is 330 g/mol. The highest BCUT2D eigenvalue weighted by Gasteiger charge is 2.21. The highest BCUT2D eigenvalue weighted by atomic mass is 16.1. The summed E-state index contributed by atoms with van der Waals surface area (Å²) in [6, 6.07) is 19.5. The Morgan fingerprint density at radius 1 is 0.852 bits per heavy atom. The lowest BCUT2D eigenvalue weighted by Crippen LogP contribution is -2.40. The summed E-state index contributed by atoms with van der Waals surface area (Å²) in [4.78, 5) is 12.4. The lowest BCUT2D eigenvalue weighted by molar-refractivity contribution is -0.902. The fraction of sp³-hybridized carbons (Fsp3) is 0.320. The Morgan fingerprint density at radius 2 is 1.37 bits per heavy atom. The van der Waals surface area contributed by atoms with Gasteiger partial charge in [0.1, 0.15) is 6.54 Å². The van der Waals surface area contributed by atoms with Crippen LogP contribution >= 0.6 is 0 Å². The van der Waals surface area contributed by atoms with E-state index in [4.69, 9.17) is 0 Å². The molecule has 0 aliphatic rings. The molecule has 0 spiro atoms. The Hall–Kier alpha value is -2.45. The maximum absolute atomic E-state index is 12.4. The monoisotopic (exact) mass is 360 g/mol. The van der Waals surface area contributed by atoms with Crippen LogP contribution in [0.5, 0.6) is 0 Å². The lowest BCUT2D eigenvalue weighted by Gasteiger charge is -2.31. The molecule has 0 unspecified atom stereocenters. The first kappa shape index (κ1) is 19.3. The topological polar surface area (TPSA) is 17.1 Å². The number of hydrogen-bond acceptors (Lipinski definition) is 1. The van der Waals surface area contributed by atoms with Gasteiger partial charge in [-0.3, -0.25) is 4.79 Å². The van der Waals surface area contributed by atoms with Gasteiger partial charge in [-0.15, -0.1) is 0 Å². The van der Waals surface area contributed by atoms with Crippen molar-refractivity contribution in [3.8, 4) is 0 Å². The highest BCUT2D eigenvalue weighted by Crippen LogP contribution is 2.30. The Labute approximate surface area is 162 Å². The lowest BCUT2D eigenvalue weighted by atomic mass is 9.96. The van der Waals surface area contributed by atoms with Crippen molar-refractivity contribution in [2.75, 3.05) is 20.6 Å². The molecule has 0 atom stereocenters. The van der Waals surface area contributed by atoms with Crippen LogP contribution in [0, 0.1) is 0 Å². The number of benzene rings is 3. The van der Waals surface area contributed by atoms with Crippen molar-refractivity contribution in [3.05, 3.63) is 71.3 Å². The summed E-state index contributed by atoms with van der Waals surface area (Å²) in [5, 5.41) is 5.19. The summed E-state index contributed by atoms with van der Waals surface area (Å²) in [6.45, 7) is 7.70. The van der Waals surface area contributed by atoms with Crippen LogP contribution in [0.1, 0.15) is 32.8 Å². The van der Waals surface area contributed by atoms with Crippen LogP contribution in [0.2, 0.25) is 0 Å². The molecule has 140 valence electrons. The number of carbonyl (C=O) groups is 1. The number of Topliss-reactive ketones (excluding diaryl/α,β-unsaturated/α-hetero) is 1. The highest BCUT2D eigenvalue weighted by molar-refractivity contribution is 6.02. The molecule has 0 bridgehead atoms. The van der Waals surface area contributed by atoms with Gasteiger partial charge in [-0.05, 0) is 54.0 Å². The van der Waals surface area contributed by atoms with E-state index in [9.17, 15) is 4.79 Å². The third-order valence-electron chi connectivity index (χ3n) is 5.58. The van der Waals surface area contributed by atoms with Gasteiger partial charge in [0.2, 0.25) is 0 Å². The number of quaternary nitrogens is 1. The van der Waals surface area contributed by atoms with Crippen LogP contribution in [0.15, 0.2) is 65.7 Å². The Balaban J connectivity index is 1.94. The molecular formula is C25H30NO+. The van der Waals surface area contributed by atoms with Gasteiger partial charge < -0.3 is 4.48 Å². The average Bonchev–Trinajstić information content (AvgIpc) is 2.65. The molecule has 2 nitrogen and oxygen atoms in total. The van der Waals surface area contributed by atoms with Crippen LogP contribution in [0.3, 0.4) is 0 Å². The van der Waals surface area contributed by atoms with E-state index in [1.54, 1.807) is 0 Å². The maximum atomic E-state index is 12.4. The van der Waals surface area contributed by atoms with Crippen molar-refractivity contribution < 1.29 is 9.28 Å². The van der Waals surface area contributed by atoms with Crippen molar-refractivity contribution in [3.63, 3.8) is 0 Å². The second-order valence-electron chi connectivity index (χ2n) is 8.41. The van der Waals surface area contributed by atoms with E-state index in [1.807, 2.05) is 20.8 Å². The summed E-state index contributed by atoms with van der Waals surface area (Å²) < 4.78 is 0.791. The number of nitrogens with zero attached hydrogens (tertiary/aromatic N) is 1. The first-order valence-corrected chi connectivity index (χ1v) is 9.67. The second-order valence-corrected chi connectivity index (χ2v) is 8.41. The first-order chi connectivity index (χ1) is 12.8. The van der Waals surface area contributed by atoms with Crippen molar-refractivity contribution in [2.45, 2.75) is 33.7 Å². The molecule has 27 heavy (non-hydrogen) atoms. The molecule has 0 aromatic heterocycles. The molecule has 0 radical (unpaired) electrons. The Morgan fingerprint density at radius 3 is 1.89 bits per heavy atom. The Kier molecular flexibility index (Phi) is 5.48. The molecule has 3 aromatic rings. The van der Waals surface area contributed by atoms with Gasteiger partial charge in [0.25, 0.3) is 0 Å². The fourth-order valence-corrected chi connectivity index (χ4v) is 3.66. The molecule has 0 heterocycles. The van der Waals surface area contributed by atoms with Crippen molar-refractivity contribution in [1.82, 2.24) is 0 Å². The van der Waals surface area contributed by atoms with E-state index in [0.29, 0.717) is 6.42 Å². The van der Waals surface area contributed by atoms with Crippen LogP contribution in [0.4, 0.5) is 0 Å². The number of carbonyl (C=O) groups excluding carboxylic acids is 1. The number of hydrogen-bond donors (Lipinski definition) is 0. The molecule has 0 fully saturated rings. The van der Waals surface area contributed by atoms with Gasteiger partial charge in [0.15, 0.2) is 5.78 Å². The minimum Gasteiger partial charge on any atom is -0.324 e. The molecule has 0 aliphatic heterocycles. The second kappa shape index (κ2) is 7.66. The predicted molar refractivity (Wildman–Crippen MR) is 116 cm³/mol. The van der Waals surface area contributed by atoms with Gasteiger partial charge in [0.05, 0.1) is 27.1 Å². The van der Waals surface area contributed by atoms with Gasteiger partial charge in [-0.25, -0.2) is 0 Å². The van der Waals surface area contributed by atoms with Crippen LogP contribution in [-0.2, 0) is 11.3 Å². The quantitative estimate of drug-likeness (QED) is 0.304. The zero-order valence-electron chi connectivity index (χ0n) is 17.2. The molecule has 0 aliphatic carbocycles. The maximum Gasteiger partial charge on any atom is 0.164 e. The van der Waals surface area contributed by atoms with E-state index >= 15 is 0 Å². The SMILES string of the molecule is CC(C)=C(C)C(=O)CC[N+](C)(C)Cc1c2ccccc2cc2ccccc12. The van der Waals surface area contributed by atoms with Crippen LogP contribution < -0.4 is 0 Å². The third kappa shape index (κ3) is 4.28. The predicted octanol–water partition coefficient (Wildman–Crippen LogP) is 5.88. The molecule has 0 saturated heterocycles. The summed E-state index contributed by atoms with van der Waals surface area (Å²) in [5.41, 5.74) is 3.40. The summed E-state index contributed by atoms with van der Waals surface area (Å²) >= 11 is 0. The zero-order chi connectivity index (χ0) is 19.6. The van der Waals surface area contributed by atoms with Gasteiger partial charge in [0, 0.05) is 5.56 Å². The molecule has 0 amide bonds. The molecule has 0 N–H and O–H groups in total. The summed E-state index contributed by atoms with van der Waals surface area (Å²) in [5.74, 6) is 0.268. The Bertz CT molecular complexity index is 969. The van der Waals surface area contributed by atoms with Gasteiger partial charge in [-0.2, -0.15) is 0 Å². The normalized spacial score (nSPS) is 11.7. The third-order valence-corrected chi connectivity index (χ3v) is 5.58. The van der Waals surface area contributed by atoms with Gasteiger partial charge in [-0.1, -0.05) is 54.1 Å². The van der Waals surface area contributed by atoms with E-state index in [-0.39, 0.29) is 5.78 Å². The van der Waals surface area contributed by atoms with E-state index < -0.39 is 0 Å². The number of ketones is 1. The zero-order valence-corrected chi connectivity index (χ0v) is 17.2. The standard InChI is InChI=1S/C25H30NO/c1-18(2)19(3)25(27)14-15-26(4,5)17-24-22-12-8-6-10-20(22)16-21-11-7-9-13-23(21)24/h6-13,16H,14-15,17H2,1-5H3/q+1. The van der Waals surface area contributed by atoms with Crippen LogP contribution in [0.25, 0.3) is 21.5 Å². The van der Waals surface area contributed by atoms with Crippen LogP contribution in [-0.4, -0.2) is 30.9 Å². The fourth-order valence-electron chi connectivity index (χ4n) is 3.66. The summed E-state index contributed by atoms with van der Waals surface area (Å²) in [6.07, 6.45) is 0.590. The molecule has 3 rings (SSSR count). The molecule has 0 saturated carbocycles. The van der Waals surface area contributed by atoms with Crippen molar-refractivity contribution in [1.29, 1.82) is 0 Å². The average molecular weight is 361 g/mol. The first-order valence-electron chi connectivity index (χ1n) is 9.67. The number of fused-ring (bicyclic) bond motifs is 2. The minimum absolute atomic E-state index is 0.268. The number of rotatable bonds is 6. The molecule has 2 heteroatoms. The van der Waals surface area contributed by atoms with E-state index in [0.717, 1.165) is 28.7 Å². The largest absolute Gasteiger partial charge is 0.324 e. The van der Waals surface area contributed by atoms with Crippen molar-refractivity contribution in [2.24, 2.45) is 0 Å². The van der Waals surface area contributed by atoms with E-state index in [1.165, 1.54) is 27.1 Å².